The highest BCUT2D eigenvalue weighted by atomic mass is 35.5. The Morgan fingerprint density at radius 3 is 2.56 bits per heavy atom. The van der Waals surface area contributed by atoms with Crippen molar-refractivity contribution in [1.82, 2.24) is 5.32 Å². The average Bonchev–Trinajstić information content (AvgIpc) is 2.27. The molecule has 0 saturated carbocycles. The Hall–Kier alpha value is -0.150. The molecule has 0 amide bonds. The first-order valence-corrected chi connectivity index (χ1v) is 6.42. The maximum absolute atomic E-state index is 6.09. The van der Waals surface area contributed by atoms with Gasteiger partial charge in [0.2, 0.25) is 0 Å². The van der Waals surface area contributed by atoms with E-state index in [1.54, 1.807) is 12.1 Å². The van der Waals surface area contributed by atoms with Crippen LogP contribution in [0, 0.1) is 0 Å². The lowest BCUT2D eigenvalue weighted by atomic mass is 10.1. The summed E-state index contributed by atoms with van der Waals surface area (Å²) in [5.41, 5.74) is 0.852. The third-order valence-corrected chi connectivity index (χ3v) is 3.70. The van der Waals surface area contributed by atoms with Crippen LogP contribution in [0.15, 0.2) is 12.1 Å². The first-order chi connectivity index (χ1) is 7.66. The Morgan fingerprint density at radius 1 is 1.12 bits per heavy atom. The highest BCUT2D eigenvalue weighted by molar-refractivity contribution is 6.44. The monoisotopic (exact) mass is 278 g/mol. The fourth-order valence-electron chi connectivity index (χ4n) is 1.83. The van der Waals surface area contributed by atoms with Crippen LogP contribution >= 0.6 is 34.8 Å². The van der Waals surface area contributed by atoms with Crippen molar-refractivity contribution in [1.29, 1.82) is 0 Å². The molecule has 1 saturated heterocycles. The Bertz CT molecular complexity index is 376. The fraction of sp³-hybridized carbons (Fsp3) is 0.455. The first kappa shape index (κ1) is 12.3. The van der Waals surface area contributed by atoms with Crippen molar-refractivity contribution in [2.24, 2.45) is 0 Å². The van der Waals surface area contributed by atoms with Gasteiger partial charge in [0.15, 0.2) is 0 Å². The summed E-state index contributed by atoms with van der Waals surface area (Å²) in [6.07, 6.45) is 2.32. The Labute approximate surface area is 110 Å². The Kier molecular flexibility index (Phi) is 4.20. The van der Waals surface area contributed by atoms with Gasteiger partial charge < -0.3 is 10.6 Å². The summed E-state index contributed by atoms with van der Waals surface area (Å²) < 4.78 is 0. The van der Waals surface area contributed by atoms with Crippen LogP contribution in [0.5, 0.6) is 0 Å². The quantitative estimate of drug-likeness (QED) is 0.805. The number of nitrogens with one attached hydrogen (secondary N) is 2. The lowest BCUT2D eigenvalue weighted by molar-refractivity contribution is 0.480. The number of rotatable bonds is 2. The highest BCUT2D eigenvalue weighted by Gasteiger charge is 2.14. The van der Waals surface area contributed by atoms with Crippen molar-refractivity contribution in [3.8, 4) is 0 Å². The van der Waals surface area contributed by atoms with E-state index >= 15 is 0 Å². The van der Waals surface area contributed by atoms with Gasteiger partial charge in [-0.15, -0.1) is 0 Å². The van der Waals surface area contributed by atoms with E-state index in [4.69, 9.17) is 34.8 Å². The molecule has 1 atom stereocenters. The number of halogens is 3. The van der Waals surface area contributed by atoms with E-state index in [0.29, 0.717) is 21.1 Å². The van der Waals surface area contributed by atoms with Crippen LogP contribution in [0.4, 0.5) is 5.69 Å². The minimum atomic E-state index is 0.406. The normalized spacial score (nSPS) is 20.8. The number of hydrogen-bond acceptors (Lipinski definition) is 2. The SMILES string of the molecule is Clc1cc(Cl)c(NC2CCCNC2)cc1Cl. The average molecular weight is 280 g/mol. The van der Waals surface area contributed by atoms with Gasteiger partial charge in [0, 0.05) is 12.6 Å². The molecular weight excluding hydrogens is 266 g/mol. The van der Waals surface area contributed by atoms with Crippen LogP contribution in [-0.2, 0) is 0 Å². The van der Waals surface area contributed by atoms with Crippen molar-refractivity contribution in [2.75, 3.05) is 18.4 Å². The van der Waals surface area contributed by atoms with Crippen molar-refractivity contribution in [3.63, 3.8) is 0 Å². The Balaban J connectivity index is 2.11. The zero-order chi connectivity index (χ0) is 11.5. The largest absolute Gasteiger partial charge is 0.380 e. The summed E-state index contributed by atoms with van der Waals surface area (Å²) in [6, 6.07) is 3.86. The number of benzene rings is 1. The summed E-state index contributed by atoms with van der Waals surface area (Å²) in [6.45, 7) is 2.05. The molecule has 1 aromatic carbocycles. The van der Waals surface area contributed by atoms with E-state index in [2.05, 4.69) is 10.6 Å². The minimum absolute atomic E-state index is 0.406. The van der Waals surface area contributed by atoms with E-state index in [9.17, 15) is 0 Å². The molecule has 0 bridgehead atoms. The zero-order valence-electron chi connectivity index (χ0n) is 8.69. The zero-order valence-corrected chi connectivity index (χ0v) is 11.0. The number of hydrogen-bond donors (Lipinski definition) is 2. The van der Waals surface area contributed by atoms with Gasteiger partial charge in [-0.1, -0.05) is 34.8 Å². The van der Waals surface area contributed by atoms with E-state index in [1.165, 1.54) is 6.42 Å². The van der Waals surface area contributed by atoms with Crippen LogP contribution in [0.25, 0.3) is 0 Å². The minimum Gasteiger partial charge on any atom is -0.380 e. The first-order valence-electron chi connectivity index (χ1n) is 5.28. The third kappa shape index (κ3) is 2.95. The predicted octanol–water partition coefficient (Wildman–Crippen LogP) is 3.81. The molecule has 1 unspecified atom stereocenters. The molecule has 2 nitrogen and oxygen atoms in total. The lowest BCUT2D eigenvalue weighted by Gasteiger charge is -2.25. The molecule has 1 aliphatic rings. The van der Waals surface area contributed by atoms with E-state index in [-0.39, 0.29) is 0 Å². The molecule has 1 fully saturated rings. The molecule has 88 valence electrons. The molecule has 5 heteroatoms. The van der Waals surface area contributed by atoms with Gasteiger partial charge in [0.25, 0.3) is 0 Å². The summed E-state index contributed by atoms with van der Waals surface area (Å²) >= 11 is 17.9. The molecule has 1 aliphatic heterocycles. The summed E-state index contributed by atoms with van der Waals surface area (Å²) in [5.74, 6) is 0. The van der Waals surface area contributed by atoms with E-state index < -0.39 is 0 Å². The maximum atomic E-state index is 6.09. The van der Waals surface area contributed by atoms with Crippen LogP contribution < -0.4 is 10.6 Å². The molecule has 0 spiro atoms. The van der Waals surface area contributed by atoms with Crippen LogP contribution in [0.3, 0.4) is 0 Å². The molecular formula is C11H13Cl3N2. The highest BCUT2D eigenvalue weighted by Crippen LogP contribution is 2.32. The van der Waals surface area contributed by atoms with E-state index in [1.807, 2.05) is 0 Å². The second-order valence-corrected chi connectivity index (χ2v) is 5.16. The van der Waals surface area contributed by atoms with Crippen molar-refractivity contribution < 1.29 is 0 Å². The third-order valence-electron chi connectivity index (χ3n) is 2.67. The standard InChI is InChI=1S/C11H13Cl3N2/c12-8-4-10(14)11(5-9(8)13)16-7-2-1-3-15-6-7/h4-5,7,15-16H,1-3,6H2. The fourth-order valence-corrected chi connectivity index (χ4v) is 2.43. The van der Waals surface area contributed by atoms with Gasteiger partial charge in [0.05, 0.1) is 20.8 Å². The lowest BCUT2D eigenvalue weighted by Crippen LogP contribution is -2.38. The van der Waals surface area contributed by atoms with Crippen molar-refractivity contribution in [3.05, 3.63) is 27.2 Å². The van der Waals surface area contributed by atoms with Crippen molar-refractivity contribution in [2.45, 2.75) is 18.9 Å². The molecule has 0 radical (unpaired) electrons. The molecule has 1 aromatic rings. The molecule has 1 heterocycles. The Morgan fingerprint density at radius 2 is 1.88 bits per heavy atom. The van der Waals surface area contributed by atoms with Crippen molar-refractivity contribution >= 4 is 40.5 Å². The summed E-state index contributed by atoms with van der Waals surface area (Å²) in [7, 11) is 0. The molecule has 0 aromatic heterocycles. The topological polar surface area (TPSA) is 24.1 Å². The van der Waals surface area contributed by atoms with Gasteiger partial charge in [-0.25, -0.2) is 0 Å². The smallest absolute Gasteiger partial charge is 0.0653 e. The molecule has 2 N–H and O–H groups in total. The van der Waals surface area contributed by atoms with Crippen LogP contribution in [0.2, 0.25) is 15.1 Å². The van der Waals surface area contributed by atoms with Gasteiger partial charge in [-0.3, -0.25) is 0 Å². The molecule has 2 rings (SSSR count). The van der Waals surface area contributed by atoms with Gasteiger partial charge in [0.1, 0.15) is 0 Å². The van der Waals surface area contributed by atoms with Crippen LogP contribution in [-0.4, -0.2) is 19.1 Å². The maximum Gasteiger partial charge on any atom is 0.0653 e. The predicted molar refractivity (Wildman–Crippen MR) is 71.0 cm³/mol. The molecule has 0 aliphatic carbocycles. The number of anilines is 1. The number of piperidine rings is 1. The van der Waals surface area contributed by atoms with Gasteiger partial charge in [-0.2, -0.15) is 0 Å². The second-order valence-electron chi connectivity index (χ2n) is 3.93. The van der Waals surface area contributed by atoms with Gasteiger partial charge >= 0.3 is 0 Å². The van der Waals surface area contributed by atoms with E-state index in [0.717, 1.165) is 25.2 Å². The summed E-state index contributed by atoms with van der Waals surface area (Å²) in [4.78, 5) is 0. The summed E-state index contributed by atoms with van der Waals surface area (Å²) in [5, 5.41) is 8.34. The van der Waals surface area contributed by atoms with Gasteiger partial charge in [-0.05, 0) is 31.5 Å². The second kappa shape index (κ2) is 5.46. The molecule has 16 heavy (non-hydrogen) atoms. The van der Waals surface area contributed by atoms with Crippen LogP contribution in [0.1, 0.15) is 12.8 Å².